The number of nitrogens with one attached hydrogen (secondary N) is 1. The van der Waals surface area contributed by atoms with Crippen molar-refractivity contribution in [3.05, 3.63) is 64.6 Å². The number of ether oxygens (including phenoxy) is 1. The minimum Gasteiger partial charge on any atom is -0.468 e. The van der Waals surface area contributed by atoms with E-state index in [1.54, 1.807) is 24.3 Å². The van der Waals surface area contributed by atoms with Crippen LogP contribution in [0.25, 0.3) is 0 Å². The van der Waals surface area contributed by atoms with Crippen LogP contribution in [0.1, 0.15) is 12.0 Å². The van der Waals surface area contributed by atoms with E-state index in [4.69, 9.17) is 17.0 Å². The topological polar surface area (TPSA) is 79.0 Å². The Bertz CT molecular complexity index is 968. The van der Waals surface area contributed by atoms with Crippen LogP contribution in [0.2, 0.25) is 0 Å². The quantitative estimate of drug-likeness (QED) is 0.440. The van der Waals surface area contributed by atoms with Gasteiger partial charge in [0.05, 0.1) is 13.5 Å². The second-order valence-electron chi connectivity index (χ2n) is 6.99. The first-order valence-electron chi connectivity index (χ1n) is 9.67. The minimum atomic E-state index is -0.863. The average Bonchev–Trinajstić information content (AvgIpc) is 2.98. The van der Waals surface area contributed by atoms with Crippen LogP contribution in [0, 0.1) is 0 Å². The molecule has 162 valence electrons. The van der Waals surface area contributed by atoms with Crippen molar-refractivity contribution < 1.29 is 19.1 Å². The number of thiocarbonyl (C=S) groups is 1. The zero-order valence-electron chi connectivity index (χ0n) is 16.9. The van der Waals surface area contributed by atoms with Crippen LogP contribution in [0.15, 0.2) is 59.1 Å². The van der Waals surface area contributed by atoms with E-state index < -0.39 is 12.0 Å². The monoisotopic (exact) mass is 503 g/mol. The Morgan fingerprint density at radius 1 is 1.13 bits per heavy atom. The summed E-state index contributed by atoms with van der Waals surface area (Å²) >= 11 is 8.83. The Morgan fingerprint density at radius 2 is 1.81 bits per heavy atom. The lowest BCUT2D eigenvalue weighted by atomic mass is 10.1. The number of hydrogen-bond donors (Lipinski definition) is 1. The molecule has 9 heteroatoms. The number of carbonyl (C=O) groups is 3. The highest BCUT2D eigenvalue weighted by Crippen LogP contribution is 2.22. The van der Waals surface area contributed by atoms with Gasteiger partial charge in [-0.15, -0.1) is 0 Å². The summed E-state index contributed by atoms with van der Waals surface area (Å²) in [6, 6.07) is 16.0. The maximum absolute atomic E-state index is 13.1. The van der Waals surface area contributed by atoms with Crippen LogP contribution in [0.3, 0.4) is 0 Å². The summed E-state index contributed by atoms with van der Waals surface area (Å²) in [5.74, 6) is -1.17. The molecular formula is C22H22BrN3O4S. The number of nitrogens with zero attached hydrogens (tertiary/aromatic N) is 2. The molecular weight excluding hydrogens is 482 g/mol. The highest BCUT2D eigenvalue weighted by molar-refractivity contribution is 9.10. The number of amides is 2. The lowest BCUT2D eigenvalue weighted by Gasteiger charge is -2.22. The average molecular weight is 504 g/mol. The van der Waals surface area contributed by atoms with Crippen LogP contribution in [0.5, 0.6) is 0 Å². The Balaban J connectivity index is 1.72. The summed E-state index contributed by atoms with van der Waals surface area (Å²) in [7, 11) is 1.27. The first kappa shape index (κ1) is 22.9. The van der Waals surface area contributed by atoms with Crippen molar-refractivity contribution in [3.63, 3.8) is 0 Å². The van der Waals surface area contributed by atoms with Gasteiger partial charge in [0.1, 0.15) is 12.6 Å². The van der Waals surface area contributed by atoms with Gasteiger partial charge in [0.2, 0.25) is 5.91 Å². The molecule has 31 heavy (non-hydrogen) atoms. The third-order valence-electron chi connectivity index (χ3n) is 4.90. The fraction of sp³-hybridized carbons (Fsp3) is 0.273. The summed E-state index contributed by atoms with van der Waals surface area (Å²) in [5, 5.41) is 3.00. The van der Waals surface area contributed by atoms with Crippen LogP contribution >= 0.6 is 28.1 Å². The molecule has 7 nitrogen and oxygen atoms in total. The number of halogens is 1. The summed E-state index contributed by atoms with van der Waals surface area (Å²) in [6.07, 6.45) is 0.477. The molecule has 2 aromatic rings. The normalized spacial score (nSPS) is 15.9. The SMILES string of the molecule is COC(=O)CN1C(=S)N(CCc2ccccc2)C(=O)[C@H]1CC(=O)Nc1ccc(Br)cc1. The van der Waals surface area contributed by atoms with Crippen LogP contribution in [-0.2, 0) is 25.5 Å². The Kier molecular flexibility index (Phi) is 7.75. The van der Waals surface area contributed by atoms with Crippen LogP contribution in [-0.4, -0.2) is 58.9 Å². The van der Waals surface area contributed by atoms with Gasteiger partial charge in [-0.3, -0.25) is 19.3 Å². The number of esters is 1. The maximum atomic E-state index is 13.1. The molecule has 0 saturated carbocycles. The van der Waals surface area contributed by atoms with Crippen molar-refractivity contribution in [3.8, 4) is 0 Å². The van der Waals surface area contributed by atoms with E-state index in [2.05, 4.69) is 21.2 Å². The largest absolute Gasteiger partial charge is 0.468 e. The summed E-state index contributed by atoms with van der Waals surface area (Å²) in [6.45, 7) is 0.170. The van der Waals surface area contributed by atoms with Gasteiger partial charge in [-0.05, 0) is 48.5 Å². The molecule has 3 rings (SSSR count). The molecule has 1 heterocycles. The molecule has 1 aliphatic rings. The Hall–Kier alpha value is -2.78. The molecule has 0 radical (unpaired) electrons. The van der Waals surface area contributed by atoms with Gasteiger partial charge in [-0.1, -0.05) is 46.3 Å². The summed E-state index contributed by atoms with van der Waals surface area (Å²) < 4.78 is 5.63. The standard InChI is InChI=1S/C22H22BrN3O4S/c1-30-20(28)14-26-18(13-19(27)24-17-9-7-16(23)8-10-17)21(29)25(22(26)31)12-11-15-5-3-2-4-6-15/h2-10,18H,11-14H2,1H3,(H,24,27)/t18-/m1/s1. The first-order valence-corrected chi connectivity index (χ1v) is 10.9. The van der Waals surface area contributed by atoms with Gasteiger partial charge < -0.3 is 15.0 Å². The van der Waals surface area contributed by atoms with E-state index in [0.29, 0.717) is 18.7 Å². The van der Waals surface area contributed by atoms with E-state index in [-0.39, 0.29) is 29.9 Å². The van der Waals surface area contributed by atoms with Gasteiger partial charge in [0.15, 0.2) is 5.11 Å². The number of anilines is 1. The molecule has 1 atom stereocenters. The van der Waals surface area contributed by atoms with E-state index in [9.17, 15) is 14.4 Å². The summed E-state index contributed by atoms with van der Waals surface area (Å²) in [5.41, 5.74) is 1.68. The molecule has 0 aliphatic carbocycles. The molecule has 0 spiro atoms. The van der Waals surface area contributed by atoms with Gasteiger partial charge in [-0.25, -0.2) is 0 Å². The molecule has 2 amide bonds. The zero-order chi connectivity index (χ0) is 22.4. The van der Waals surface area contributed by atoms with Crippen molar-refractivity contribution >= 4 is 56.7 Å². The fourth-order valence-corrected chi connectivity index (χ4v) is 3.92. The van der Waals surface area contributed by atoms with Crippen LogP contribution < -0.4 is 5.32 Å². The van der Waals surface area contributed by atoms with E-state index >= 15 is 0 Å². The third-order valence-corrected chi connectivity index (χ3v) is 5.89. The zero-order valence-corrected chi connectivity index (χ0v) is 19.3. The molecule has 1 N–H and O–H groups in total. The second-order valence-corrected chi connectivity index (χ2v) is 8.27. The van der Waals surface area contributed by atoms with Crippen LogP contribution in [0.4, 0.5) is 5.69 Å². The molecule has 0 aromatic heterocycles. The van der Waals surface area contributed by atoms with Crippen molar-refractivity contribution in [1.82, 2.24) is 9.80 Å². The predicted octanol–water partition coefficient (Wildman–Crippen LogP) is 2.99. The van der Waals surface area contributed by atoms with Gasteiger partial charge in [0.25, 0.3) is 5.91 Å². The lowest BCUT2D eigenvalue weighted by molar-refractivity contribution is -0.141. The van der Waals surface area contributed by atoms with E-state index in [0.717, 1.165) is 10.0 Å². The fourth-order valence-electron chi connectivity index (χ4n) is 3.29. The second kappa shape index (κ2) is 10.5. The molecule has 0 bridgehead atoms. The minimum absolute atomic E-state index is 0.131. The van der Waals surface area contributed by atoms with Crippen molar-refractivity contribution in [1.29, 1.82) is 0 Å². The molecule has 0 unspecified atom stereocenters. The number of methoxy groups -OCH3 is 1. The number of benzene rings is 2. The highest BCUT2D eigenvalue weighted by Gasteiger charge is 2.44. The maximum Gasteiger partial charge on any atom is 0.325 e. The molecule has 1 aliphatic heterocycles. The smallest absolute Gasteiger partial charge is 0.325 e. The number of hydrogen-bond acceptors (Lipinski definition) is 5. The first-order chi connectivity index (χ1) is 14.9. The van der Waals surface area contributed by atoms with E-state index in [1.165, 1.54) is 16.9 Å². The number of rotatable bonds is 8. The van der Waals surface area contributed by atoms with Gasteiger partial charge in [-0.2, -0.15) is 0 Å². The Morgan fingerprint density at radius 3 is 2.45 bits per heavy atom. The van der Waals surface area contributed by atoms with E-state index in [1.807, 2.05) is 30.3 Å². The Labute approximate surface area is 194 Å². The van der Waals surface area contributed by atoms with Gasteiger partial charge in [0, 0.05) is 16.7 Å². The van der Waals surface area contributed by atoms with Crippen molar-refractivity contribution in [2.75, 3.05) is 25.5 Å². The van der Waals surface area contributed by atoms with Crippen molar-refractivity contribution in [2.45, 2.75) is 18.9 Å². The molecule has 1 saturated heterocycles. The molecule has 2 aromatic carbocycles. The highest BCUT2D eigenvalue weighted by atomic mass is 79.9. The van der Waals surface area contributed by atoms with Crippen molar-refractivity contribution in [2.24, 2.45) is 0 Å². The molecule has 1 fully saturated rings. The summed E-state index contributed by atoms with van der Waals surface area (Å²) in [4.78, 5) is 40.6. The van der Waals surface area contributed by atoms with Gasteiger partial charge >= 0.3 is 5.97 Å². The third kappa shape index (κ3) is 5.89. The lowest BCUT2D eigenvalue weighted by Crippen LogP contribution is -2.41. The number of carbonyl (C=O) groups excluding carboxylic acids is 3. The predicted molar refractivity (Wildman–Crippen MR) is 124 cm³/mol.